The van der Waals surface area contributed by atoms with Crippen molar-refractivity contribution in [3.05, 3.63) is 28.8 Å². The zero-order valence-electron chi connectivity index (χ0n) is 11.5. The molecule has 1 rings (SSSR count). The van der Waals surface area contributed by atoms with E-state index < -0.39 is 24.2 Å². The van der Waals surface area contributed by atoms with Crippen molar-refractivity contribution in [2.45, 2.75) is 26.1 Å². The summed E-state index contributed by atoms with van der Waals surface area (Å²) < 4.78 is 18.4. The molecular formula is C13H17ClFNO5. The first-order valence-electron chi connectivity index (χ1n) is 5.92. The lowest BCUT2D eigenvalue weighted by molar-refractivity contribution is -0.149. The molecule has 0 bridgehead atoms. The first-order valence-corrected chi connectivity index (χ1v) is 5.92. The highest BCUT2D eigenvalue weighted by molar-refractivity contribution is 5.88. The second kappa shape index (κ2) is 7.80. The lowest BCUT2D eigenvalue weighted by Gasteiger charge is -2.18. The number of hydrogen-bond acceptors (Lipinski definition) is 5. The van der Waals surface area contributed by atoms with E-state index in [2.05, 4.69) is 4.74 Å². The van der Waals surface area contributed by atoms with E-state index in [0.29, 0.717) is 0 Å². The molecule has 0 radical (unpaired) electrons. The van der Waals surface area contributed by atoms with Crippen molar-refractivity contribution in [2.75, 3.05) is 6.61 Å². The molecule has 8 heteroatoms. The molecule has 21 heavy (non-hydrogen) atoms. The smallest absolute Gasteiger partial charge is 0.342 e. The van der Waals surface area contributed by atoms with Crippen LogP contribution in [0.2, 0.25) is 0 Å². The Morgan fingerprint density at radius 3 is 2.48 bits per heavy atom. The predicted octanol–water partition coefficient (Wildman–Crippen LogP) is 1.72. The van der Waals surface area contributed by atoms with Gasteiger partial charge < -0.3 is 20.7 Å². The molecule has 0 saturated carbocycles. The van der Waals surface area contributed by atoms with Crippen molar-refractivity contribution >= 4 is 24.3 Å². The zero-order chi connectivity index (χ0) is 15.4. The number of aryl methyl sites for hydroxylation is 1. The number of aromatic carboxylic acids is 1. The van der Waals surface area contributed by atoms with Crippen LogP contribution in [0.1, 0.15) is 34.5 Å². The molecule has 0 aliphatic rings. The third-order valence-electron chi connectivity index (χ3n) is 2.76. The molecule has 0 aromatic heterocycles. The number of phenolic OH excluding ortho intramolecular Hbond substituents is 1. The van der Waals surface area contributed by atoms with Crippen LogP contribution in [-0.4, -0.2) is 34.9 Å². The van der Waals surface area contributed by atoms with E-state index in [-0.39, 0.29) is 41.5 Å². The van der Waals surface area contributed by atoms with Crippen molar-refractivity contribution in [3.63, 3.8) is 0 Å². The molecule has 0 amide bonds. The highest BCUT2D eigenvalue weighted by Gasteiger charge is 2.30. The summed E-state index contributed by atoms with van der Waals surface area (Å²) in [5.41, 5.74) is 5.51. The quantitative estimate of drug-likeness (QED) is 0.712. The van der Waals surface area contributed by atoms with Crippen LogP contribution >= 0.6 is 12.4 Å². The van der Waals surface area contributed by atoms with Crippen LogP contribution in [0.5, 0.6) is 5.75 Å². The van der Waals surface area contributed by atoms with Crippen molar-refractivity contribution in [3.8, 4) is 5.75 Å². The van der Waals surface area contributed by atoms with Gasteiger partial charge in [0.15, 0.2) is 0 Å². The molecule has 0 heterocycles. The maximum atomic E-state index is 13.8. The molecule has 1 unspecified atom stereocenters. The average molecular weight is 322 g/mol. The number of aromatic hydroxyl groups is 1. The lowest BCUT2D eigenvalue weighted by atomic mass is 9.97. The summed E-state index contributed by atoms with van der Waals surface area (Å²) in [5, 5.41) is 18.8. The highest BCUT2D eigenvalue weighted by atomic mass is 35.5. The Morgan fingerprint density at radius 1 is 1.43 bits per heavy atom. The van der Waals surface area contributed by atoms with Crippen molar-refractivity contribution < 1.29 is 28.9 Å². The molecule has 0 spiro atoms. The SMILES string of the molecule is CCOC(=O)C(F)[C@H](N)c1cc(C(=O)O)cc(C)c1O.Cl. The average Bonchev–Trinajstić information content (AvgIpc) is 2.40. The minimum Gasteiger partial charge on any atom is -0.507 e. The lowest BCUT2D eigenvalue weighted by Crippen LogP contribution is -2.31. The summed E-state index contributed by atoms with van der Waals surface area (Å²) in [6, 6.07) is 0.763. The number of phenols is 1. The fourth-order valence-electron chi connectivity index (χ4n) is 1.71. The Bertz CT molecular complexity index is 538. The highest BCUT2D eigenvalue weighted by Crippen LogP contribution is 2.31. The second-order valence-electron chi connectivity index (χ2n) is 4.22. The van der Waals surface area contributed by atoms with Crippen LogP contribution in [0, 0.1) is 6.92 Å². The van der Waals surface area contributed by atoms with Crippen LogP contribution in [0.4, 0.5) is 4.39 Å². The number of carbonyl (C=O) groups excluding carboxylic acids is 1. The number of carboxylic acid groups (broad SMARTS) is 1. The minimum atomic E-state index is -2.19. The first-order chi connectivity index (χ1) is 9.29. The number of ether oxygens (including phenoxy) is 1. The molecule has 0 fully saturated rings. The van der Waals surface area contributed by atoms with E-state index in [1.807, 2.05) is 0 Å². The van der Waals surface area contributed by atoms with E-state index in [9.17, 15) is 19.1 Å². The van der Waals surface area contributed by atoms with Gasteiger partial charge in [0.2, 0.25) is 6.17 Å². The van der Waals surface area contributed by atoms with E-state index >= 15 is 0 Å². The molecule has 0 aliphatic heterocycles. The summed E-state index contributed by atoms with van der Waals surface area (Å²) in [6.45, 7) is 2.96. The van der Waals surface area contributed by atoms with Gasteiger partial charge in [0.05, 0.1) is 18.2 Å². The van der Waals surface area contributed by atoms with Crippen LogP contribution < -0.4 is 5.73 Å². The number of benzene rings is 1. The van der Waals surface area contributed by atoms with Crippen LogP contribution in [-0.2, 0) is 9.53 Å². The molecule has 1 aromatic carbocycles. The monoisotopic (exact) mass is 321 g/mol. The molecule has 6 nitrogen and oxygen atoms in total. The number of carboxylic acids is 1. The number of esters is 1. The summed E-state index contributed by atoms with van der Waals surface area (Å²) in [4.78, 5) is 22.2. The molecule has 0 aliphatic carbocycles. The topological polar surface area (TPSA) is 110 Å². The van der Waals surface area contributed by atoms with Crippen LogP contribution in [0.15, 0.2) is 12.1 Å². The normalized spacial score (nSPS) is 13.0. The van der Waals surface area contributed by atoms with E-state index in [1.54, 1.807) is 0 Å². The third-order valence-corrected chi connectivity index (χ3v) is 2.76. The summed E-state index contributed by atoms with van der Waals surface area (Å²) in [6.07, 6.45) is -2.19. The minimum absolute atomic E-state index is 0. The summed E-state index contributed by atoms with van der Waals surface area (Å²) in [5.74, 6) is -2.74. The van der Waals surface area contributed by atoms with Gasteiger partial charge >= 0.3 is 11.9 Å². The van der Waals surface area contributed by atoms with Crippen molar-refractivity contribution in [1.82, 2.24) is 0 Å². The zero-order valence-corrected chi connectivity index (χ0v) is 12.3. The molecule has 0 saturated heterocycles. The first kappa shape index (κ1) is 19.1. The van der Waals surface area contributed by atoms with Gasteiger partial charge in [-0.3, -0.25) is 0 Å². The van der Waals surface area contributed by atoms with E-state index in [4.69, 9.17) is 10.8 Å². The number of halogens is 2. The molecule has 4 N–H and O–H groups in total. The predicted molar refractivity (Wildman–Crippen MR) is 75.5 cm³/mol. The Morgan fingerprint density at radius 2 is 2.00 bits per heavy atom. The number of carbonyl (C=O) groups is 2. The largest absolute Gasteiger partial charge is 0.507 e. The summed E-state index contributed by atoms with van der Waals surface area (Å²) >= 11 is 0. The summed E-state index contributed by atoms with van der Waals surface area (Å²) in [7, 11) is 0. The molecule has 2 atom stereocenters. The van der Waals surface area contributed by atoms with Gasteiger partial charge in [-0.25, -0.2) is 14.0 Å². The van der Waals surface area contributed by atoms with Gasteiger partial charge in [-0.15, -0.1) is 12.4 Å². The van der Waals surface area contributed by atoms with E-state index in [1.165, 1.54) is 19.9 Å². The van der Waals surface area contributed by atoms with Gasteiger partial charge in [-0.05, 0) is 31.5 Å². The Labute approximate surface area is 127 Å². The van der Waals surface area contributed by atoms with Crippen LogP contribution in [0.25, 0.3) is 0 Å². The number of rotatable bonds is 5. The van der Waals surface area contributed by atoms with Crippen LogP contribution in [0.3, 0.4) is 0 Å². The fourth-order valence-corrected chi connectivity index (χ4v) is 1.71. The Balaban J connectivity index is 0.00000400. The molecule has 1 aromatic rings. The van der Waals surface area contributed by atoms with Gasteiger partial charge in [-0.2, -0.15) is 0 Å². The van der Waals surface area contributed by atoms with Gasteiger partial charge in [0, 0.05) is 5.56 Å². The maximum absolute atomic E-state index is 13.8. The maximum Gasteiger partial charge on any atom is 0.342 e. The second-order valence-corrected chi connectivity index (χ2v) is 4.22. The number of hydrogen-bond donors (Lipinski definition) is 3. The Hall–Kier alpha value is -1.86. The number of nitrogens with two attached hydrogens (primary N) is 1. The third kappa shape index (κ3) is 4.30. The van der Waals surface area contributed by atoms with E-state index in [0.717, 1.165) is 6.07 Å². The Kier molecular flexibility index (Phi) is 7.11. The van der Waals surface area contributed by atoms with Gasteiger partial charge in [0.25, 0.3) is 0 Å². The van der Waals surface area contributed by atoms with Crippen molar-refractivity contribution in [1.29, 1.82) is 0 Å². The fraction of sp³-hybridized carbons (Fsp3) is 0.385. The van der Waals surface area contributed by atoms with Gasteiger partial charge in [-0.1, -0.05) is 0 Å². The standard InChI is InChI=1S/C13H16FNO5.ClH/c1-3-20-13(19)9(14)10(15)8-5-7(12(17)18)4-6(2)11(8)16;/h4-5,9-10,16H,3,15H2,1-2H3,(H,17,18);1H/t9?,10-;/m1./s1. The number of alkyl halides is 1. The van der Waals surface area contributed by atoms with Gasteiger partial charge in [0.1, 0.15) is 5.75 Å². The molecule has 118 valence electrons. The van der Waals surface area contributed by atoms with Crippen molar-refractivity contribution in [2.24, 2.45) is 5.73 Å². The molecular weight excluding hydrogens is 305 g/mol.